The van der Waals surface area contributed by atoms with Gasteiger partial charge < -0.3 is 10.1 Å². The van der Waals surface area contributed by atoms with E-state index in [1.54, 1.807) is 13.0 Å². The van der Waals surface area contributed by atoms with Crippen LogP contribution in [0.2, 0.25) is 5.02 Å². The molecule has 0 unspecified atom stereocenters. The Balaban J connectivity index is 1.88. The van der Waals surface area contributed by atoms with Crippen LogP contribution in [0.5, 0.6) is 0 Å². The van der Waals surface area contributed by atoms with E-state index in [1.165, 1.54) is 23.0 Å². The first-order valence-corrected chi connectivity index (χ1v) is 11.0. The zero-order chi connectivity index (χ0) is 24.6. The molecule has 0 aliphatic heterocycles. The number of fused-ring (bicyclic) bond motifs is 1. The van der Waals surface area contributed by atoms with Crippen LogP contribution < -0.4 is 5.32 Å². The Morgan fingerprint density at radius 3 is 2.62 bits per heavy atom. The lowest BCUT2D eigenvalue weighted by Crippen LogP contribution is -2.20. The molecule has 0 saturated carbocycles. The average molecular weight is 481 g/mol. The van der Waals surface area contributed by atoms with Crippen LogP contribution in [0.25, 0.3) is 16.7 Å². The SMILES string of the molecule is CCOC(=O)c1cnn(-c2cc(C)c3cc(C)cc(C)c3n2)c1NC(=O)c1c(F)cccc1Cl. The maximum atomic E-state index is 14.4. The van der Waals surface area contributed by atoms with Gasteiger partial charge in [-0.2, -0.15) is 9.78 Å². The van der Waals surface area contributed by atoms with Crippen LogP contribution in [0.1, 0.15) is 44.3 Å². The minimum absolute atomic E-state index is 0.00113. The second-order valence-electron chi connectivity index (χ2n) is 7.87. The summed E-state index contributed by atoms with van der Waals surface area (Å²) in [6, 6.07) is 9.80. The van der Waals surface area contributed by atoms with Crippen LogP contribution in [0.4, 0.5) is 10.2 Å². The third-order valence-corrected chi connectivity index (χ3v) is 5.66. The number of hydrogen-bond acceptors (Lipinski definition) is 5. The van der Waals surface area contributed by atoms with Gasteiger partial charge in [0.05, 0.1) is 28.9 Å². The van der Waals surface area contributed by atoms with E-state index >= 15 is 0 Å². The van der Waals surface area contributed by atoms with Gasteiger partial charge >= 0.3 is 5.97 Å². The van der Waals surface area contributed by atoms with E-state index < -0.39 is 17.7 Å². The number of nitrogens with one attached hydrogen (secondary N) is 1. The fraction of sp³-hybridized carbons (Fsp3) is 0.200. The number of benzene rings is 2. The quantitative estimate of drug-likeness (QED) is 0.377. The maximum Gasteiger partial charge on any atom is 0.343 e. The highest BCUT2D eigenvalue weighted by Crippen LogP contribution is 2.28. The van der Waals surface area contributed by atoms with Gasteiger partial charge in [0.2, 0.25) is 0 Å². The Hall–Kier alpha value is -3.78. The summed E-state index contributed by atoms with van der Waals surface area (Å²) >= 11 is 6.06. The predicted octanol–water partition coefficient (Wildman–Crippen LogP) is 5.57. The monoisotopic (exact) mass is 480 g/mol. The van der Waals surface area contributed by atoms with Crippen LogP contribution in [0, 0.1) is 26.6 Å². The molecular formula is C25H22ClFN4O3. The van der Waals surface area contributed by atoms with Crippen molar-refractivity contribution >= 4 is 40.2 Å². The van der Waals surface area contributed by atoms with Crippen molar-refractivity contribution in [1.82, 2.24) is 14.8 Å². The second kappa shape index (κ2) is 9.23. The Kier molecular flexibility index (Phi) is 6.34. The van der Waals surface area contributed by atoms with Crippen LogP contribution in [-0.4, -0.2) is 33.2 Å². The summed E-state index contributed by atoms with van der Waals surface area (Å²) in [7, 11) is 0. The molecule has 7 nitrogen and oxygen atoms in total. The van der Waals surface area contributed by atoms with E-state index in [-0.39, 0.29) is 28.6 Å². The first-order chi connectivity index (χ1) is 16.2. The number of ether oxygens (including phenoxy) is 1. The number of carbonyl (C=O) groups is 2. The maximum absolute atomic E-state index is 14.4. The molecule has 2 aromatic carbocycles. The summed E-state index contributed by atoms with van der Waals surface area (Å²) in [5.41, 5.74) is 3.45. The number of aromatic nitrogens is 3. The van der Waals surface area contributed by atoms with Gasteiger partial charge in [-0.05, 0) is 63.1 Å². The summed E-state index contributed by atoms with van der Waals surface area (Å²) in [6.07, 6.45) is 1.28. The molecule has 1 N–H and O–H groups in total. The third-order valence-electron chi connectivity index (χ3n) is 5.34. The van der Waals surface area contributed by atoms with Crippen molar-refractivity contribution < 1.29 is 18.7 Å². The summed E-state index contributed by atoms with van der Waals surface area (Å²) in [5.74, 6) is -1.94. The largest absolute Gasteiger partial charge is 0.462 e. The van der Waals surface area contributed by atoms with E-state index in [1.807, 2.05) is 32.9 Å². The number of pyridine rings is 1. The summed E-state index contributed by atoms with van der Waals surface area (Å²) in [5, 5.41) is 7.80. The molecule has 0 aliphatic carbocycles. The van der Waals surface area contributed by atoms with Gasteiger partial charge in [0.15, 0.2) is 11.6 Å². The number of carbonyl (C=O) groups excluding carboxylic acids is 2. The highest BCUT2D eigenvalue weighted by molar-refractivity contribution is 6.34. The van der Waals surface area contributed by atoms with E-state index in [0.717, 1.165) is 33.7 Å². The van der Waals surface area contributed by atoms with Gasteiger partial charge in [0.25, 0.3) is 5.91 Å². The van der Waals surface area contributed by atoms with E-state index in [4.69, 9.17) is 21.3 Å². The fourth-order valence-corrected chi connectivity index (χ4v) is 4.07. The van der Waals surface area contributed by atoms with Crippen LogP contribution in [0.3, 0.4) is 0 Å². The Morgan fingerprint density at radius 1 is 1.15 bits per heavy atom. The van der Waals surface area contributed by atoms with Crippen molar-refractivity contribution in [1.29, 1.82) is 0 Å². The Bertz CT molecular complexity index is 1430. The molecule has 34 heavy (non-hydrogen) atoms. The third kappa shape index (κ3) is 4.24. The molecule has 4 rings (SSSR count). The van der Waals surface area contributed by atoms with Crippen molar-refractivity contribution in [2.75, 3.05) is 11.9 Å². The first kappa shape index (κ1) is 23.4. The Morgan fingerprint density at radius 2 is 1.91 bits per heavy atom. The number of anilines is 1. The molecule has 0 saturated heterocycles. The molecule has 2 heterocycles. The highest BCUT2D eigenvalue weighted by Gasteiger charge is 2.25. The normalized spacial score (nSPS) is 11.0. The number of nitrogens with zero attached hydrogens (tertiary/aromatic N) is 3. The van der Waals surface area contributed by atoms with Gasteiger partial charge in [-0.15, -0.1) is 0 Å². The van der Waals surface area contributed by atoms with Crippen molar-refractivity contribution in [3.8, 4) is 5.82 Å². The van der Waals surface area contributed by atoms with Gasteiger partial charge in [-0.3, -0.25) is 4.79 Å². The fourth-order valence-electron chi connectivity index (χ4n) is 3.82. The van der Waals surface area contributed by atoms with Crippen molar-refractivity contribution in [3.63, 3.8) is 0 Å². The molecule has 0 aliphatic rings. The zero-order valence-electron chi connectivity index (χ0n) is 19.1. The van der Waals surface area contributed by atoms with Gasteiger partial charge in [0.1, 0.15) is 11.4 Å². The van der Waals surface area contributed by atoms with Crippen molar-refractivity contribution in [2.24, 2.45) is 0 Å². The summed E-state index contributed by atoms with van der Waals surface area (Å²) < 4.78 is 20.8. The van der Waals surface area contributed by atoms with E-state index in [2.05, 4.69) is 10.4 Å². The van der Waals surface area contributed by atoms with Crippen LogP contribution in [0.15, 0.2) is 42.6 Å². The Labute approximate surface area is 200 Å². The minimum Gasteiger partial charge on any atom is -0.462 e. The second-order valence-corrected chi connectivity index (χ2v) is 8.27. The number of hydrogen-bond donors (Lipinski definition) is 1. The number of halogens is 2. The summed E-state index contributed by atoms with van der Waals surface area (Å²) in [6.45, 7) is 7.71. The van der Waals surface area contributed by atoms with Gasteiger partial charge in [0, 0.05) is 5.39 Å². The number of aryl methyl sites for hydroxylation is 3. The van der Waals surface area contributed by atoms with Gasteiger partial charge in [-0.1, -0.05) is 29.3 Å². The zero-order valence-corrected chi connectivity index (χ0v) is 19.8. The molecule has 4 aromatic rings. The molecule has 0 radical (unpaired) electrons. The number of amides is 1. The average Bonchev–Trinajstić information content (AvgIpc) is 3.18. The molecule has 0 bridgehead atoms. The molecule has 0 spiro atoms. The van der Waals surface area contributed by atoms with Crippen LogP contribution >= 0.6 is 11.6 Å². The van der Waals surface area contributed by atoms with E-state index in [0.29, 0.717) is 5.82 Å². The molecular weight excluding hydrogens is 459 g/mol. The van der Waals surface area contributed by atoms with E-state index in [9.17, 15) is 14.0 Å². The molecule has 0 fully saturated rings. The molecule has 1 amide bonds. The number of rotatable bonds is 5. The molecule has 174 valence electrons. The summed E-state index contributed by atoms with van der Waals surface area (Å²) in [4.78, 5) is 30.3. The lowest BCUT2D eigenvalue weighted by molar-refractivity contribution is 0.0527. The minimum atomic E-state index is -0.834. The smallest absolute Gasteiger partial charge is 0.343 e. The topological polar surface area (TPSA) is 86.1 Å². The predicted molar refractivity (Wildman–Crippen MR) is 128 cm³/mol. The molecule has 9 heteroatoms. The molecule has 0 atom stereocenters. The van der Waals surface area contributed by atoms with Gasteiger partial charge in [-0.25, -0.2) is 14.2 Å². The highest BCUT2D eigenvalue weighted by atomic mass is 35.5. The van der Waals surface area contributed by atoms with Crippen molar-refractivity contribution in [3.05, 3.63) is 81.3 Å². The lowest BCUT2D eigenvalue weighted by atomic mass is 10.0. The molecule has 2 aromatic heterocycles. The number of esters is 1. The van der Waals surface area contributed by atoms with Crippen molar-refractivity contribution in [2.45, 2.75) is 27.7 Å². The first-order valence-electron chi connectivity index (χ1n) is 10.6. The van der Waals surface area contributed by atoms with Crippen LogP contribution in [-0.2, 0) is 4.74 Å². The lowest BCUT2D eigenvalue weighted by Gasteiger charge is -2.14. The standard InChI is InChI=1S/C25H22ClFN4O3/c1-5-34-25(33)17-12-28-31(23(17)30-24(32)21-18(26)7-6-8-19(21)27)20-11-14(3)16-10-13(2)9-15(4)22(16)29-20/h6-12H,5H2,1-4H3,(H,30,32).